The highest BCUT2D eigenvalue weighted by atomic mass is 19.3. The van der Waals surface area contributed by atoms with Crippen LogP contribution in [0.4, 0.5) is 8.78 Å². The molecule has 2 atom stereocenters. The van der Waals surface area contributed by atoms with E-state index in [-0.39, 0.29) is 19.0 Å². The number of piperidine rings is 1. The maximum Gasteiger partial charge on any atom is 0.286 e. The highest BCUT2D eigenvalue weighted by Crippen LogP contribution is 2.35. The van der Waals surface area contributed by atoms with Crippen LogP contribution in [-0.2, 0) is 0 Å². The van der Waals surface area contributed by atoms with Crippen molar-refractivity contribution in [3.8, 4) is 11.6 Å². The van der Waals surface area contributed by atoms with E-state index in [9.17, 15) is 13.9 Å². The minimum Gasteiger partial charge on any atom is -0.467 e. The molecule has 1 aliphatic heterocycles. The van der Waals surface area contributed by atoms with Gasteiger partial charge in [0.1, 0.15) is 6.23 Å². The van der Waals surface area contributed by atoms with Crippen molar-refractivity contribution in [3.63, 3.8) is 0 Å². The van der Waals surface area contributed by atoms with Crippen LogP contribution < -0.4 is 4.74 Å². The van der Waals surface area contributed by atoms with E-state index in [1.165, 1.54) is 28.3 Å². The number of pyridine rings is 2. The molecular formula is C22H20F2N6O2. The van der Waals surface area contributed by atoms with Crippen LogP contribution in [0.1, 0.15) is 18.2 Å². The first kappa shape index (κ1) is 20.4. The van der Waals surface area contributed by atoms with Crippen molar-refractivity contribution in [2.75, 3.05) is 13.1 Å². The summed E-state index contributed by atoms with van der Waals surface area (Å²) in [6, 6.07) is 12.4. The van der Waals surface area contributed by atoms with Crippen molar-refractivity contribution in [1.29, 1.82) is 0 Å². The number of aromatic nitrogens is 5. The highest BCUT2D eigenvalue weighted by molar-refractivity contribution is 5.78. The number of benzene rings is 1. The fraction of sp³-hybridized carbons (Fsp3) is 0.273. The van der Waals surface area contributed by atoms with Crippen molar-refractivity contribution in [3.05, 3.63) is 72.8 Å². The van der Waals surface area contributed by atoms with Crippen LogP contribution in [0, 0.1) is 0 Å². The molecular weight excluding hydrogens is 418 g/mol. The van der Waals surface area contributed by atoms with E-state index < -0.39 is 24.7 Å². The summed E-state index contributed by atoms with van der Waals surface area (Å²) < 4.78 is 35.1. The molecule has 1 N–H and O–H groups in total. The summed E-state index contributed by atoms with van der Waals surface area (Å²) in [6.45, 7) is -0.205. The summed E-state index contributed by atoms with van der Waals surface area (Å²) in [5.41, 5.74) is 1.59. The molecule has 0 saturated carbocycles. The summed E-state index contributed by atoms with van der Waals surface area (Å²) in [6.07, 6.45) is 2.95. The van der Waals surface area contributed by atoms with Crippen LogP contribution in [0.5, 0.6) is 5.88 Å². The Morgan fingerprint density at radius 3 is 2.72 bits per heavy atom. The highest BCUT2D eigenvalue weighted by Gasteiger charge is 2.47. The zero-order chi connectivity index (χ0) is 22.1. The van der Waals surface area contributed by atoms with E-state index >= 15 is 0 Å². The third kappa shape index (κ3) is 3.90. The first-order valence-electron chi connectivity index (χ1n) is 10.1. The van der Waals surface area contributed by atoms with Gasteiger partial charge in [0.05, 0.1) is 23.6 Å². The van der Waals surface area contributed by atoms with Gasteiger partial charge in [-0.15, -0.1) is 0 Å². The van der Waals surface area contributed by atoms with Gasteiger partial charge in [-0.1, -0.05) is 18.2 Å². The van der Waals surface area contributed by atoms with Crippen molar-refractivity contribution in [2.24, 2.45) is 0 Å². The first-order chi connectivity index (χ1) is 15.5. The Balaban J connectivity index is 1.39. The largest absolute Gasteiger partial charge is 0.467 e. The van der Waals surface area contributed by atoms with E-state index in [4.69, 9.17) is 4.74 Å². The Morgan fingerprint density at radius 2 is 1.88 bits per heavy atom. The van der Waals surface area contributed by atoms with Gasteiger partial charge in [0, 0.05) is 48.9 Å². The van der Waals surface area contributed by atoms with Gasteiger partial charge in [-0.3, -0.25) is 9.88 Å². The molecule has 0 radical (unpaired) electrons. The molecule has 1 fully saturated rings. The van der Waals surface area contributed by atoms with Crippen LogP contribution in [0.15, 0.2) is 67.3 Å². The number of rotatable bonds is 5. The van der Waals surface area contributed by atoms with Gasteiger partial charge in [0.2, 0.25) is 5.88 Å². The molecule has 1 aliphatic rings. The molecule has 0 spiro atoms. The Kier molecular flexibility index (Phi) is 5.24. The standard InChI is InChI=1S/C22H20F2N6O2/c23-22(24)8-12-29(21(31)16-13-25-9-7-18(16)30-26-10-11-27-30)14-19(22)32-20-6-5-15-3-1-2-4-17(15)28-20/h1-7,9-11,13,19,21,31H,8,12,14H2. The molecule has 8 nitrogen and oxygen atoms in total. The van der Waals surface area contributed by atoms with Gasteiger partial charge < -0.3 is 9.84 Å². The maximum atomic E-state index is 14.7. The molecule has 164 valence electrons. The normalized spacial score (nSPS) is 19.7. The average molecular weight is 438 g/mol. The fourth-order valence-corrected chi connectivity index (χ4v) is 3.81. The van der Waals surface area contributed by atoms with Crippen LogP contribution in [-0.4, -0.2) is 60.1 Å². The average Bonchev–Trinajstić information content (AvgIpc) is 3.35. The van der Waals surface area contributed by atoms with E-state index in [0.717, 1.165) is 5.39 Å². The Bertz CT molecular complexity index is 1220. The lowest BCUT2D eigenvalue weighted by molar-refractivity contribution is -0.161. The van der Waals surface area contributed by atoms with Crippen LogP contribution in [0.25, 0.3) is 16.6 Å². The molecule has 4 aromatic rings. The third-order valence-electron chi connectivity index (χ3n) is 5.53. The second kappa shape index (κ2) is 8.21. The minimum atomic E-state index is -3.06. The lowest BCUT2D eigenvalue weighted by atomic mass is 10.0. The van der Waals surface area contributed by atoms with Crippen LogP contribution in [0.3, 0.4) is 0 Å². The van der Waals surface area contributed by atoms with Crippen molar-refractivity contribution >= 4 is 10.9 Å². The molecule has 5 rings (SSSR count). The van der Waals surface area contributed by atoms with Crippen LogP contribution >= 0.6 is 0 Å². The fourth-order valence-electron chi connectivity index (χ4n) is 3.81. The Labute approximate surface area is 182 Å². The zero-order valence-corrected chi connectivity index (χ0v) is 16.9. The number of aliphatic hydroxyl groups excluding tert-OH is 1. The lowest BCUT2D eigenvalue weighted by Crippen LogP contribution is -2.54. The number of hydrogen-bond donors (Lipinski definition) is 1. The van der Waals surface area contributed by atoms with Crippen molar-refractivity contribution < 1.29 is 18.6 Å². The number of para-hydroxylation sites is 1. The lowest BCUT2D eigenvalue weighted by Gasteiger charge is -2.40. The molecule has 2 unspecified atom stereocenters. The molecule has 1 aromatic carbocycles. The van der Waals surface area contributed by atoms with Gasteiger partial charge in [-0.2, -0.15) is 15.0 Å². The smallest absolute Gasteiger partial charge is 0.286 e. The van der Waals surface area contributed by atoms with E-state index in [1.54, 1.807) is 30.5 Å². The second-order valence-electron chi connectivity index (χ2n) is 7.58. The number of nitrogens with zero attached hydrogens (tertiary/aromatic N) is 6. The number of likely N-dealkylation sites (tertiary alicyclic amines) is 1. The van der Waals surface area contributed by atoms with Gasteiger partial charge in [0.25, 0.3) is 5.92 Å². The molecule has 3 aromatic heterocycles. The Morgan fingerprint density at radius 1 is 1.06 bits per heavy atom. The quantitative estimate of drug-likeness (QED) is 0.512. The predicted molar refractivity (Wildman–Crippen MR) is 111 cm³/mol. The third-order valence-corrected chi connectivity index (χ3v) is 5.53. The zero-order valence-electron chi connectivity index (χ0n) is 16.9. The van der Waals surface area contributed by atoms with E-state index in [1.807, 2.05) is 18.2 Å². The summed E-state index contributed by atoms with van der Waals surface area (Å²) in [7, 11) is 0. The molecule has 1 saturated heterocycles. The SMILES string of the molecule is OC(c1cnccc1-n1nccn1)N1CCC(F)(F)C(Oc2ccc3ccccc3n2)C1. The molecule has 32 heavy (non-hydrogen) atoms. The molecule has 0 aliphatic carbocycles. The minimum absolute atomic E-state index is 0.0138. The number of alkyl halides is 2. The Hall–Kier alpha value is -3.50. The molecule has 0 bridgehead atoms. The van der Waals surface area contributed by atoms with E-state index in [2.05, 4.69) is 20.2 Å². The molecule has 10 heteroatoms. The van der Waals surface area contributed by atoms with Gasteiger partial charge in [0.15, 0.2) is 6.10 Å². The summed E-state index contributed by atoms with van der Waals surface area (Å²) >= 11 is 0. The number of halogens is 2. The van der Waals surface area contributed by atoms with Gasteiger partial charge in [-0.05, 0) is 18.2 Å². The van der Waals surface area contributed by atoms with Gasteiger partial charge >= 0.3 is 0 Å². The number of fused-ring (bicyclic) bond motifs is 1. The summed E-state index contributed by atoms with van der Waals surface area (Å²) in [5, 5.41) is 20.1. The predicted octanol–water partition coefficient (Wildman–Crippen LogP) is 2.99. The topological polar surface area (TPSA) is 89.2 Å². The first-order valence-corrected chi connectivity index (χ1v) is 10.1. The summed E-state index contributed by atoms with van der Waals surface area (Å²) in [5.74, 6) is -2.95. The summed E-state index contributed by atoms with van der Waals surface area (Å²) in [4.78, 5) is 11.3. The molecule has 0 amide bonds. The second-order valence-corrected chi connectivity index (χ2v) is 7.58. The van der Waals surface area contributed by atoms with Gasteiger partial charge in [-0.25, -0.2) is 13.8 Å². The number of aliphatic hydroxyl groups is 1. The maximum absolute atomic E-state index is 14.7. The van der Waals surface area contributed by atoms with Crippen molar-refractivity contribution in [2.45, 2.75) is 24.7 Å². The molecule has 4 heterocycles. The monoisotopic (exact) mass is 438 g/mol. The number of ether oxygens (including phenoxy) is 1. The van der Waals surface area contributed by atoms with Crippen molar-refractivity contribution in [1.82, 2.24) is 29.9 Å². The number of hydrogen-bond acceptors (Lipinski definition) is 7. The van der Waals surface area contributed by atoms with Crippen LogP contribution in [0.2, 0.25) is 0 Å². The van der Waals surface area contributed by atoms with E-state index in [0.29, 0.717) is 16.8 Å².